The summed E-state index contributed by atoms with van der Waals surface area (Å²) in [6.07, 6.45) is 0. The Hall–Kier alpha value is -3.85. The average Bonchev–Trinajstić information content (AvgIpc) is 3.46. The number of anilines is 1. The number of hydrogen-bond acceptors (Lipinski definition) is 6. The van der Waals surface area contributed by atoms with E-state index in [4.69, 9.17) is 0 Å². The van der Waals surface area contributed by atoms with Crippen molar-refractivity contribution in [2.45, 2.75) is 19.5 Å². The second kappa shape index (κ2) is 9.31. The number of aromatic nitrogens is 4. The van der Waals surface area contributed by atoms with Crippen molar-refractivity contribution in [2.24, 2.45) is 0 Å². The Labute approximate surface area is 182 Å². The molecule has 0 fully saturated rings. The summed E-state index contributed by atoms with van der Waals surface area (Å²) in [5, 5.41) is 19.8. The minimum atomic E-state index is -0.355. The topological polar surface area (TPSA) is 102 Å². The molecule has 0 aliphatic carbocycles. The monoisotopic (exact) mass is 432 g/mol. The zero-order valence-corrected chi connectivity index (χ0v) is 17.5. The number of carbonyl (C=O) groups is 2. The quantitative estimate of drug-likeness (QED) is 0.465. The molecule has 31 heavy (non-hydrogen) atoms. The molecular weight excluding hydrogens is 412 g/mol. The van der Waals surface area contributed by atoms with Crippen LogP contribution in [0, 0.1) is 0 Å². The number of hydrogen-bond donors (Lipinski definition) is 2. The Morgan fingerprint density at radius 3 is 2.58 bits per heavy atom. The summed E-state index contributed by atoms with van der Waals surface area (Å²) in [4.78, 5) is 27.5. The first-order valence-electron chi connectivity index (χ1n) is 9.66. The molecule has 0 saturated carbocycles. The average molecular weight is 433 g/mol. The zero-order chi connectivity index (χ0) is 21.6. The van der Waals surface area contributed by atoms with Gasteiger partial charge in [0.1, 0.15) is 6.54 Å². The Bertz CT molecular complexity index is 1170. The largest absolute Gasteiger partial charge is 0.345 e. The van der Waals surface area contributed by atoms with Gasteiger partial charge in [-0.2, -0.15) is 4.80 Å². The molecule has 2 aromatic carbocycles. The van der Waals surface area contributed by atoms with Crippen LogP contribution < -0.4 is 10.6 Å². The van der Waals surface area contributed by atoms with Crippen LogP contribution in [0.15, 0.2) is 72.1 Å². The minimum Gasteiger partial charge on any atom is -0.345 e. The number of amides is 2. The minimum absolute atomic E-state index is 0.116. The fourth-order valence-corrected chi connectivity index (χ4v) is 3.67. The highest BCUT2D eigenvalue weighted by atomic mass is 32.1. The van der Waals surface area contributed by atoms with E-state index in [1.807, 2.05) is 54.8 Å². The van der Waals surface area contributed by atoms with Crippen LogP contribution in [0.4, 0.5) is 5.69 Å². The van der Waals surface area contributed by atoms with Crippen molar-refractivity contribution >= 4 is 28.8 Å². The van der Waals surface area contributed by atoms with Gasteiger partial charge >= 0.3 is 0 Å². The molecule has 2 heterocycles. The Balaban J connectivity index is 1.42. The molecule has 0 spiro atoms. The van der Waals surface area contributed by atoms with Crippen LogP contribution in [0.2, 0.25) is 0 Å². The standard InChI is InChI=1S/C22H20N6O2S/c1-15(16-8-3-2-4-9-16)23-22(30)17-10-5-6-11-18(17)24-20(29)14-28-26-21(25-27-28)19-12-7-13-31-19/h2-13,15H,14H2,1H3,(H,23,30)(H,24,29). The summed E-state index contributed by atoms with van der Waals surface area (Å²) in [7, 11) is 0. The normalized spacial score (nSPS) is 11.6. The number of tetrazole rings is 1. The molecule has 1 atom stereocenters. The molecule has 4 aromatic rings. The number of nitrogens with zero attached hydrogens (tertiary/aromatic N) is 4. The highest BCUT2D eigenvalue weighted by Crippen LogP contribution is 2.20. The lowest BCUT2D eigenvalue weighted by molar-refractivity contribution is -0.117. The van der Waals surface area contributed by atoms with Crippen molar-refractivity contribution in [3.63, 3.8) is 0 Å². The van der Waals surface area contributed by atoms with Gasteiger partial charge in [0.05, 0.1) is 22.2 Å². The van der Waals surface area contributed by atoms with Crippen molar-refractivity contribution in [1.82, 2.24) is 25.5 Å². The highest BCUT2D eigenvalue weighted by molar-refractivity contribution is 7.13. The lowest BCUT2D eigenvalue weighted by atomic mass is 10.1. The highest BCUT2D eigenvalue weighted by Gasteiger charge is 2.17. The van der Waals surface area contributed by atoms with E-state index in [1.54, 1.807) is 24.3 Å². The maximum absolute atomic E-state index is 12.8. The van der Waals surface area contributed by atoms with Gasteiger partial charge in [-0.1, -0.05) is 48.5 Å². The molecule has 2 aromatic heterocycles. The summed E-state index contributed by atoms with van der Waals surface area (Å²) in [5.41, 5.74) is 1.80. The van der Waals surface area contributed by atoms with Gasteiger partial charge in [-0.3, -0.25) is 9.59 Å². The predicted octanol–water partition coefficient (Wildman–Crippen LogP) is 3.53. The van der Waals surface area contributed by atoms with Gasteiger partial charge in [-0.25, -0.2) is 0 Å². The van der Waals surface area contributed by atoms with E-state index in [-0.39, 0.29) is 24.4 Å². The number of benzene rings is 2. The summed E-state index contributed by atoms with van der Waals surface area (Å²) < 4.78 is 0. The van der Waals surface area contributed by atoms with Gasteiger partial charge < -0.3 is 10.6 Å². The van der Waals surface area contributed by atoms with E-state index < -0.39 is 0 Å². The molecule has 9 heteroatoms. The molecular formula is C22H20N6O2S. The van der Waals surface area contributed by atoms with Crippen molar-refractivity contribution < 1.29 is 9.59 Å². The molecule has 4 rings (SSSR count). The van der Waals surface area contributed by atoms with Crippen molar-refractivity contribution in [2.75, 3.05) is 5.32 Å². The van der Waals surface area contributed by atoms with Crippen LogP contribution in [-0.2, 0) is 11.3 Å². The van der Waals surface area contributed by atoms with Crippen molar-refractivity contribution in [1.29, 1.82) is 0 Å². The SMILES string of the molecule is CC(NC(=O)c1ccccc1NC(=O)Cn1nnc(-c2cccs2)n1)c1ccccc1. The third-order valence-electron chi connectivity index (χ3n) is 4.57. The van der Waals surface area contributed by atoms with Crippen LogP contribution in [-0.4, -0.2) is 32.0 Å². The van der Waals surface area contributed by atoms with Crippen LogP contribution >= 0.6 is 11.3 Å². The van der Waals surface area contributed by atoms with Gasteiger partial charge in [0.25, 0.3) is 5.91 Å². The fraction of sp³-hybridized carbons (Fsp3) is 0.136. The number of carbonyl (C=O) groups excluding carboxylic acids is 2. The molecule has 0 bridgehead atoms. The lowest BCUT2D eigenvalue weighted by Crippen LogP contribution is -2.28. The van der Waals surface area contributed by atoms with E-state index in [9.17, 15) is 9.59 Å². The Kier molecular flexibility index (Phi) is 6.13. The molecule has 0 saturated heterocycles. The van der Waals surface area contributed by atoms with Crippen LogP contribution in [0.5, 0.6) is 0 Å². The molecule has 0 aliphatic rings. The summed E-state index contributed by atoms with van der Waals surface area (Å²) in [5.74, 6) is -0.157. The first-order chi connectivity index (χ1) is 15.1. The van der Waals surface area contributed by atoms with Crippen LogP contribution in [0.3, 0.4) is 0 Å². The van der Waals surface area contributed by atoms with E-state index >= 15 is 0 Å². The van der Waals surface area contributed by atoms with Gasteiger partial charge in [0, 0.05) is 0 Å². The second-order valence-electron chi connectivity index (χ2n) is 6.82. The van der Waals surface area contributed by atoms with E-state index in [1.165, 1.54) is 16.1 Å². The van der Waals surface area contributed by atoms with Gasteiger partial charge in [0.15, 0.2) is 0 Å². The first-order valence-corrected chi connectivity index (χ1v) is 10.5. The molecule has 0 aliphatic heterocycles. The number of rotatable bonds is 7. The van der Waals surface area contributed by atoms with Gasteiger partial charge in [-0.05, 0) is 41.3 Å². The van der Waals surface area contributed by atoms with E-state index in [0.717, 1.165) is 10.4 Å². The molecule has 2 N–H and O–H groups in total. The zero-order valence-electron chi connectivity index (χ0n) is 16.7. The fourth-order valence-electron chi connectivity index (χ4n) is 3.02. The Morgan fingerprint density at radius 1 is 1.03 bits per heavy atom. The first kappa shape index (κ1) is 20.4. The maximum Gasteiger partial charge on any atom is 0.253 e. The third-order valence-corrected chi connectivity index (χ3v) is 5.44. The molecule has 1 unspecified atom stereocenters. The summed E-state index contributed by atoms with van der Waals surface area (Å²) in [6, 6.07) is 20.2. The molecule has 8 nitrogen and oxygen atoms in total. The van der Waals surface area contributed by atoms with Crippen LogP contribution in [0.1, 0.15) is 28.9 Å². The van der Waals surface area contributed by atoms with Crippen LogP contribution in [0.25, 0.3) is 10.7 Å². The van der Waals surface area contributed by atoms with E-state index in [2.05, 4.69) is 26.0 Å². The summed E-state index contributed by atoms with van der Waals surface area (Å²) >= 11 is 1.50. The van der Waals surface area contributed by atoms with Crippen molar-refractivity contribution in [3.05, 3.63) is 83.2 Å². The van der Waals surface area contributed by atoms with Gasteiger partial charge in [0.2, 0.25) is 11.7 Å². The lowest BCUT2D eigenvalue weighted by Gasteiger charge is -2.16. The Morgan fingerprint density at radius 2 is 1.81 bits per heavy atom. The smallest absolute Gasteiger partial charge is 0.253 e. The van der Waals surface area contributed by atoms with Gasteiger partial charge in [-0.15, -0.1) is 21.5 Å². The number of thiophene rings is 1. The summed E-state index contributed by atoms with van der Waals surface area (Å²) in [6.45, 7) is 1.80. The predicted molar refractivity (Wildman–Crippen MR) is 119 cm³/mol. The second-order valence-corrected chi connectivity index (χ2v) is 7.77. The third kappa shape index (κ3) is 5.01. The number of nitrogens with one attached hydrogen (secondary N) is 2. The molecule has 0 radical (unpaired) electrons. The molecule has 2 amide bonds. The van der Waals surface area contributed by atoms with E-state index in [0.29, 0.717) is 17.1 Å². The van der Waals surface area contributed by atoms with Crippen molar-refractivity contribution in [3.8, 4) is 10.7 Å². The molecule has 156 valence electrons. The number of para-hydroxylation sites is 1. The maximum atomic E-state index is 12.8.